The lowest BCUT2D eigenvalue weighted by Crippen LogP contribution is -2.57. The summed E-state index contributed by atoms with van der Waals surface area (Å²) in [6.07, 6.45) is 6.00. The van der Waals surface area contributed by atoms with E-state index < -0.39 is 18.1 Å². The summed E-state index contributed by atoms with van der Waals surface area (Å²) in [6.45, 7) is 9.66. The molecule has 2 aromatic rings. The van der Waals surface area contributed by atoms with Gasteiger partial charge in [0, 0.05) is 55.7 Å². The van der Waals surface area contributed by atoms with E-state index in [1.807, 2.05) is 19.9 Å². The lowest BCUT2D eigenvalue weighted by atomic mass is 9.96. The van der Waals surface area contributed by atoms with Crippen LogP contribution in [0.4, 0.5) is 0 Å². The van der Waals surface area contributed by atoms with Crippen LogP contribution in [0.2, 0.25) is 0 Å². The van der Waals surface area contributed by atoms with Gasteiger partial charge in [-0.2, -0.15) is 5.26 Å². The maximum absolute atomic E-state index is 13.9. The number of likely N-dealkylation sites (tertiary alicyclic amines) is 1. The van der Waals surface area contributed by atoms with Crippen molar-refractivity contribution in [3.63, 3.8) is 0 Å². The van der Waals surface area contributed by atoms with Gasteiger partial charge in [0.2, 0.25) is 17.7 Å². The highest BCUT2D eigenvalue weighted by atomic mass is 16.5. The standard InChI is InChI=1S/C29H36N6O4/c1-16(2)24(34-22(36)10-17-7-9-39-15-17)28(38)35-14-20-23(29(20,3)4)26(35)27(37)33-21(11-30)19-13-31-12-18-6-5-8-32-25(18)19/h5-6,8,12-13,16-17,20-21,23-24,26H,7,9-10,14-15H2,1-4H3,(H,33,37)(H,34,36)/t17?,20-,21?,23-,24?,26-/m0/s1. The number of aromatic nitrogens is 2. The van der Waals surface area contributed by atoms with E-state index in [1.54, 1.807) is 29.6 Å². The molecule has 5 rings (SSSR count). The average Bonchev–Trinajstić information content (AvgIpc) is 3.34. The first-order valence-corrected chi connectivity index (χ1v) is 13.7. The van der Waals surface area contributed by atoms with E-state index in [0.29, 0.717) is 37.3 Å². The zero-order chi connectivity index (χ0) is 27.9. The molecule has 10 nitrogen and oxygen atoms in total. The molecule has 10 heteroatoms. The van der Waals surface area contributed by atoms with Crippen molar-refractivity contribution >= 4 is 28.6 Å². The maximum Gasteiger partial charge on any atom is 0.246 e. The number of rotatable bonds is 8. The van der Waals surface area contributed by atoms with Gasteiger partial charge in [0.15, 0.2) is 0 Å². The van der Waals surface area contributed by atoms with Crippen molar-refractivity contribution in [1.82, 2.24) is 25.5 Å². The first-order chi connectivity index (χ1) is 18.6. The van der Waals surface area contributed by atoms with Gasteiger partial charge < -0.3 is 20.3 Å². The van der Waals surface area contributed by atoms with E-state index in [9.17, 15) is 19.6 Å². The van der Waals surface area contributed by atoms with Crippen molar-refractivity contribution in [3.8, 4) is 6.07 Å². The molecule has 0 aromatic carbocycles. The zero-order valence-corrected chi connectivity index (χ0v) is 22.9. The first-order valence-electron chi connectivity index (χ1n) is 13.7. The second kappa shape index (κ2) is 10.5. The molecular formula is C29H36N6O4. The van der Waals surface area contributed by atoms with Gasteiger partial charge >= 0.3 is 0 Å². The number of pyridine rings is 2. The Bertz CT molecular complexity index is 1310. The van der Waals surface area contributed by atoms with Crippen LogP contribution in [0.5, 0.6) is 0 Å². The molecule has 2 aromatic heterocycles. The summed E-state index contributed by atoms with van der Waals surface area (Å²) in [5.41, 5.74) is 1.01. The van der Waals surface area contributed by atoms with Gasteiger partial charge in [0.05, 0.1) is 11.6 Å². The molecule has 0 spiro atoms. The highest BCUT2D eigenvalue weighted by molar-refractivity contribution is 5.94. The third-order valence-corrected chi connectivity index (χ3v) is 8.77. The molecule has 2 saturated heterocycles. The van der Waals surface area contributed by atoms with Gasteiger partial charge in [-0.1, -0.05) is 27.7 Å². The normalized spacial score (nSPS) is 26.5. The fourth-order valence-electron chi connectivity index (χ4n) is 6.38. The lowest BCUT2D eigenvalue weighted by molar-refractivity contribution is -0.144. The summed E-state index contributed by atoms with van der Waals surface area (Å²) >= 11 is 0. The Labute approximate surface area is 228 Å². The van der Waals surface area contributed by atoms with E-state index >= 15 is 0 Å². The fourth-order valence-corrected chi connectivity index (χ4v) is 6.38. The third-order valence-electron chi connectivity index (χ3n) is 8.77. The van der Waals surface area contributed by atoms with E-state index in [1.165, 1.54) is 0 Å². The minimum atomic E-state index is -0.976. The van der Waals surface area contributed by atoms with Gasteiger partial charge in [-0.25, -0.2) is 0 Å². The number of hydrogen-bond acceptors (Lipinski definition) is 7. The molecule has 206 valence electrons. The number of amides is 3. The van der Waals surface area contributed by atoms with Gasteiger partial charge in [0.1, 0.15) is 18.1 Å². The van der Waals surface area contributed by atoms with Crippen molar-refractivity contribution in [2.75, 3.05) is 19.8 Å². The molecule has 1 aliphatic carbocycles. The molecule has 0 radical (unpaired) electrons. The zero-order valence-electron chi connectivity index (χ0n) is 22.9. The second-order valence-electron chi connectivity index (χ2n) is 12.0. The Morgan fingerprint density at radius 1 is 1.26 bits per heavy atom. The number of fused-ring (bicyclic) bond motifs is 2. The molecule has 3 aliphatic rings. The summed E-state index contributed by atoms with van der Waals surface area (Å²) in [7, 11) is 0. The highest BCUT2D eigenvalue weighted by Crippen LogP contribution is 2.65. The van der Waals surface area contributed by atoms with Crippen LogP contribution in [0, 0.1) is 40.4 Å². The molecule has 0 bridgehead atoms. The topological polar surface area (TPSA) is 137 Å². The summed E-state index contributed by atoms with van der Waals surface area (Å²) in [4.78, 5) is 50.7. The molecule has 39 heavy (non-hydrogen) atoms. The Balaban J connectivity index is 1.35. The number of piperidine rings is 1. The third kappa shape index (κ3) is 5.08. The van der Waals surface area contributed by atoms with E-state index in [-0.39, 0.29) is 46.8 Å². The molecule has 3 unspecified atom stereocenters. The fraction of sp³-hybridized carbons (Fsp3) is 0.586. The Hall–Kier alpha value is -3.58. The van der Waals surface area contributed by atoms with Crippen LogP contribution in [0.1, 0.15) is 52.1 Å². The van der Waals surface area contributed by atoms with Gasteiger partial charge in [0.25, 0.3) is 0 Å². The Morgan fingerprint density at radius 2 is 2.05 bits per heavy atom. The van der Waals surface area contributed by atoms with Crippen molar-refractivity contribution in [3.05, 3.63) is 36.3 Å². The minimum Gasteiger partial charge on any atom is -0.381 e. The van der Waals surface area contributed by atoms with Crippen LogP contribution < -0.4 is 10.6 Å². The number of carbonyl (C=O) groups is 3. The number of nitrogens with one attached hydrogen (secondary N) is 2. The summed E-state index contributed by atoms with van der Waals surface area (Å²) in [5, 5.41) is 16.6. The van der Waals surface area contributed by atoms with Gasteiger partial charge in [-0.3, -0.25) is 24.4 Å². The number of hydrogen-bond donors (Lipinski definition) is 2. The maximum atomic E-state index is 13.9. The van der Waals surface area contributed by atoms with Crippen molar-refractivity contribution in [1.29, 1.82) is 5.26 Å². The monoisotopic (exact) mass is 532 g/mol. The average molecular weight is 533 g/mol. The first kappa shape index (κ1) is 27.0. The molecule has 4 heterocycles. The molecule has 2 N–H and O–H groups in total. The predicted octanol–water partition coefficient (Wildman–Crippen LogP) is 2.36. The van der Waals surface area contributed by atoms with Crippen LogP contribution in [0.15, 0.2) is 30.7 Å². The summed E-state index contributed by atoms with van der Waals surface area (Å²) < 4.78 is 5.38. The lowest BCUT2D eigenvalue weighted by Gasteiger charge is -2.34. The predicted molar refractivity (Wildman–Crippen MR) is 143 cm³/mol. The molecule has 6 atom stereocenters. The van der Waals surface area contributed by atoms with Crippen LogP contribution in [0.25, 0.3) is 10.9 Å². The van der Waals surface area contributed by atoms with Crippen molar-refractivity contribution in [2.24, 2.45) is 29.1 Å². The van der Waals surface area contributed by atoms with E-state index in [2.05, 4.69) is 40.5 Å². The van der Waals surface area contributed by atoms with Crippen LogP contribution >= 0.6 is 0 Å². The molecule has 2 aliphatic heterocycles. The molecule has 3 fully saturated rings. The van der Waals surface area contributed by atoms with Crippen LogP contribution in [-0.4, -0.2) is 64.4 Å². The SMILES string of the molecule is CC(C)C(NC(=O)CC1CCOC1)C(=O)N1C[C@H]2[C@@H]([C@H]1C(=O)NC(C#N)c1cncc3cccnc13)C2(C)C. The largest absolute Gasteiger partial charge is 0.381 e. The van der Waals surface area contributed by atoms with E-state index in [4.69, 9.17) is 4.74 Å². The van der Waals surface area contributed by atoms with Gasteiger partial charge in [-0.05, 0) is 47.6 Å². The summed E-state index contributed by atoms with van der Waals surface area (Å²) in [6, 6.07) is 3.37. The number of nitriles is 1. The van der Waals surface area contributed by atoms with Crippen molar-refractivity contribution < 1.29 is 19.1 Å². The van der Waals surface area contributed by atoms with Crippen molar-refractivity contribution in [2.45, 2.75) is 58.7 Å². The van der Waals surface area contributed by atoms with Gasteiger partial charge in [-0.15, -0.1) is 0 Å². The highest BCUT2D eigenvalue weighted by Gasteiger charge is 2.69. The molecule has 3 amide bonds. The second-order valence-corrected chi connectivity index (χ2v) is 12.0. The number of nitrogens with zero attached hydrogens (tertiary/aromatic N) is 4. The van der Waals surface area contributed by atoms with E-state index in [0.717, 1.165) is 11.8 Å². The Kier molecular flexibility index (Phi) is 7.29. The van der Waals surface area contributed by atoms with Crippen LogP contribution in [0.3, 0.4) is 0 Å². The molecular weight excluding hydrogens is 496 g/mol. The number of carbonyl (C=O) groups excluding carboxylic acids is 3. The minimum absolute atomic E-state index is 0.0243. The summed E-state index contributed by atoms with van der Waals surface area (Å²) in [5.74, 6) is -0.656. The number of ether oxygens (including phenoxy) is 1. The smallest absolute Gasteiger partial charge is 0.246 e. The molecule has 1 saturated carbocycles. The van der Waals surface area contributed by atoms with Crippen LogP contribution in [-0.2, 0) is 19.1 Å². The quantitative estimate of drug-likeness (QED) is 0.532. The Morgan fingerprint density at radius 3 is 2.74 bits per heavy atom.